The molecule has 1 aliphatic carbocycles. The van der Waals surface area contributed by atoms with Crippen LogP contribution in [-0.2, 0) is 6.42 Å². The van der Waals surface area contributed by atoms with Crippen LogP contribution in [0.25, 0.3) is 0 Å². The molecule has 2 rings (SSSR count). The van der Waals surface area contributed by atoms with Crippen LogP contribution in [-0.4, -0.2) is 13.3 Å². The molecule has 0 radical (unpaired) electrons. The normalized spacial score (nSPS) is 25.6. The van der Waals surface area contributed by atoms with Crippen LogP contribution in [0.2, 0.25) is 0 Å². The highest BCUT2D eigenvalue weighted by atomic mass is 19.1. The molecule has 0 bridgehead atoms. The van der Waals surface area contributed by atoms with Gasteiger partial charge in [0.25, 0.3) is 0 Å². The molecule has 1 aromatic rings. The van der Waals surface area contributed by atoms with Gasteiger partial charge in [-0.25, -0.2) is 4.39 Å². The number of fused-ring (bicyclic) bond motifs is 1. The van der Waals surface area contributed by atoms with E-state index in [1.54, 1.807) is 7.11 Å². The number of methoxy groups -OCH3 is 1. The van der Waals surface area contributed by atoms with Crippen molar-refractivity contribution < 1.29 is 9.13 Å². The first kappa shape index (κ1) is 9.46. The third-order valence-electron chi connectivity index (χ3n) is 2.81. The third-order valence-corrected chi connectivity index (χ3v) is 2.81. The fourth-order valence-corrected chi connectivity index (χ4v) is 2.01. The Kier molecular flexibility index (Phi) is 2.42. The van der Waals surface area contributed by atoms with Crippen LogP contribution in [0.1, 0.15) is 23.6 Å². The topological polar surface area (TPSA) is 35.2 Å². The van der Waals surface area contributed by atoms with Gasteiger partial charge < -0.3 is 10.5 Å². The first-order valence-corrected chi connectivity index (χ1v) is 4.79. The third kappa shape index (κ3) is 1.38. The van der Waals surface area contributed by atoms with Crippen molar-refractivity contribution in [1.82, 2.24) is 0 Å². The van der Waals surface area contributed by atoms with E-state index in [0.717, 1.165) is 16.9 Å². The van der Waals surface area contributed by atoms with Crippen molar-refractivity contribution in [3.8, 4) is 5.75 Å². The average Bonchev–Trinajstić information content (AvgIpc) is 2.23. The van der Waals surface area contributed by atoms with Crippen molar-refractivity contribution in [1.29, 1.82) is 0 Å². The summed E-state index contributed by atoms with van der Waals surface area (Å²) >= 11 is 0. The minimum absolute atomic E-state index is 0.492. The average molecular weight is 195 g/mol. The zero-order valence-corrected chi connectivity index (χ0v) is 8.16. The first-order chi connectivity index (χ1) is 6.74. The van der Waals surface area contributed by atoms with Gasteiger partial charge in [-0.05, 0) is 30.0 Å². The van der Waals surface area contributed by atoms with Crippen LogP contribution < -0.4 is 10.5 Å². The Labute approximate surface area is 82.9 Å². The largest absolute Gasteiger partial charge is 0.496 e. The van der Waals surface area contributed by atoms with Crippen molar-refractivity contribution >= 4 is 0 Å². The molecule has 0 heterocycles. The van der Waals surface area contributed by atoms with Gasteiger partial charge >= 0.3 is 0 Å². The SMILES string of the molecule is COc1cccc2c1CC[C@H](F)[C@@H]2N. The zero-order chi connectivity index (χ0) is 10.1. The van der Waals surface area contributed by atoms with E-state index >= 15 is 0 Å². The maximum Gasteiger partial charge on any atom is 0.122 e. The summed E-state index contributed by atoms with van der Waals surface area (Å²) in [5.41, 5.74) is 7.74. The van der Waals surface area contributed by atoms with Gasteiger partial charge in [-0.1, -0.05) is 12.1 Å². The van der Waals surface area contributed by atoms with Gasteiger partial charge in [0.1, 0.15) is 11.9 Å². The van der Waals surface area contributed by atoms with Crippen LogP contribution in [0.5, 0.6) is 5.75 Å². The van der Waals surface area contributed by atoms with Gasteiger partial charge in [0.2, 0.25) is 0 Å². The number of benzene rings is 1. The standard InChI is InChI=1S/C11H14FNO/c1-14-10-4-2-3-8-7(10)5-6-9(12)11(8)13/h2-4,9,11H,5-6,13H2,1H3/t9-,11+/m0/s1. The van der Waals surface area contributed by atoms with E-state index < -0.39 is 12.2 Å². The van der Waals surface area contributed by atoms with E-state index in [0.29, 0.717) is 12.8 Å². The van der Waals surface area contributed by atoms with Crippen LogP contribution in [0, 0.1) is 0 Å². The Morgan fingerprint density at radius 3 is 3.00 bits per heavy atom. The predicted octanol–water partition coefficient (Wildman–Crippen LogP) is 1.98. The molecular formula is C11H14FNO. The van der Waals surface area contributed by atoms with Crippen molar-refractivity contribution in [3.63, 3.8) is 0 Å². The second-order valence-electron chi connectivity index (χ2n) is 3.61. The van der Waals surface area contributed by atoms with E-state index in [4.69, 9.17) is 10.5 Å². The molecule has 0 fully saturated rings. The van der Waals surface area contributed by atoms with Gasteiger partial charge in [0, 0.05) is 0 Å². The van der Waals surface area contributed by atoms with Crippen LogP contribution in [0.4, 0.5) is 4.39 Å². The second kappa shape index (κ2) is 3.58. The Morgan fingerprint density at radius 1 is 1.50 bits per heavy atom. The highest BCUT2D eigenvalue weighted by Crippen LogP contribution is 2.35. The molecule has 0 saturated carbocycles. The molecule has 0 aliphatic heterocycles. The van der Waals surface area contributed by atoms with E-state index in [-0.39, 0.29) is 0 Å². The molecule has 0 aromatic heterocycles. The maximum atomic E-state index is 13.3. The van der Waals surface area contributed by atoms with Gasteiger partial charge in [-0.15, -0.1) is 0 Å². The zero-order valence-electron chi connectivity index (χ0n) is 8.16. The number of hydrogen-bond acceptors (Lipinski definition) is 2. The number of ether oxygens (including phenoxy) is 1. The van der Waals surface area contributed by atoms with E-state index in [1.807, 2.05) is 18.2 Å². The van der Waals surface area contributed by atoms with E-state index in [2.05, 4.69) is 0 Å². The lowest BCUT2D eigenvalue weighted by atomic mass is 9.86. The lowest BCUT2D eigenvalue weighted by Crippen LogP contribution is -2.28. The molecule has 0 spiro atoms. The highest BCUT2D eigenvalue weighted by Gasteiger charge is 2.27. The smallest absolute Gasteiger partial charge is 0.122 e. The van der Waals surface area contributed by atoms with Crippen LogP contribution in [0.15, 0.2) is 18.2 Å². The molecule has 0 unspecified atom stereocenters. The summed E-state index contributed by atoms with van der Waals surface area (Å²) in [4.78, 5) is 0. The Balaban J connectivity index is 2.47. The molecular weight excluding hydrogens is 181 g/mol. The minimum Gasteiger partial charge on any atom is -0.496 e. The van der Waals surface area contributed by atoms with Gasteiger partial charge in [-0.2, -0.15) is 0 Å². The van der Waals surface area contributed by atoms with Crippen molar-refractivity contribution in [2.45, 2.75) is 25.1 Å². The van der Waals surface area contributed by atoms with Crippen LogP contribution >= 0.6 is 0 Å². The summed E-state index contributed by atoms with van der Waals surface area (Å²) in [5.74, 6) is 0.824. The van der Waals surface area contributed by atoms with Crippen molar-refractivity contribution in [2.75, 3.05) is 7.11 Å². The summed E-state index contributed by atoms with van der Waals surface area (Å²) in [6.45, 7) is 0. The number of alkyl halides is 1. The maximum absolute atomic E-state index is 13.3. The number of halogens is 1. The number of nitrogens with two attached hydrogens (primary N) is 1. The summed E-state index contributed by atoms with van der Waals surface area (Å²) < 4.78 is 18.5. The first-order valence-electron chi connectivity index (χ1n) is 4.79. The molecule has 76 valence electrons. The second-order valence-corrected chi connectivity index (χ2v) is 3.61. The van der Waals surface area contributed by atoms with Crippen molar-refractivity contribution in [3.05, 3.63) is 29.3 Å². The van der Waals surface area contributed by atoms with Gasteiger partial charge in [0.15, 0.2) is 0 Å². The number of hydrogen-bond donors (Lipinski definition) is 1. The molecule has 14 heavy (non-hydrogen) atoms. The molecule has 1 aliphatic rings. The summed E-state index contributed by atoms with van der Waals surface area (Å²) in [6, 6.07) is 5.14. The van der Waals surface area contributed by atoms with E-state index in [1.165, 1.54) is 0 Å². The summed E-state index contributed by atoms with van der Waals surface area (Å²) in [6.07, 6.45) is 0.289. The molecule has 1 aromatic carbocycles. The Bertz CT molecular complexity index is 340. The monoisotopic (exact) mass is 195 g/mol. The summed E-state index contributed by atoms with van der Waals surface area (Å²) in [5, 5.41) is 0. The fourth-order valence-electron chi connectivity index (χ4n) is 2.01. The van der Waals surface area contributed by atoms with Crippen molar-refractivity contribution in [2.24, 2.45) is 5.73 Å². The Morgan fingerprint density at radius 2 is 2.29 bits per heavy atom. The highest BCUT2D eigenvalue weighted by molar-refractivity contribution is 5.43. The quantitative estimate of drug-likeness (QED) is 0.743. The lowest BCUT2D eigenvalue weighted by molar-refractivity contribution is 0.252. The molecule has 2 N–H and O–H groups in total. The van der Waals surface area contributed by atoms with Gasteiger partial charge in [0.05, 0.1) is 13.2 Å². The molecule has 2 atom stereocenters. The minimum atomic E-state index is -0.922. The van der Waals surface area contributed by atoms with Gasteiger partial charge in [-0.3, -0.25) is 0 Å². The summed E-state index contributed by atoms with van der Waals surface area (Å²) in [7, 11) is 1.63. The van der Waals surface area contributed by atoms with E-state index in [9.17, 15) is 4.39 Å². The lowest BCUT2D eigenvalue weighted by Gasteiger charge is -2.26. The van der Waals surface area contributed by atoms with Crippen LogP contribution in [0.3, 0.4) is 0 Å². The number of rotatable bonds is 1. The fraction of sp³-hybridized carbons (Fsp3) is 0.455. The Hall–Kier alpha value is -1.09. The predicted molar refractivity (Wildman–Crippen MR) is 53.1 cm³/mol. The molecule has 3 heteroatoms. The molecule has 0 saturated heterocycles. The molecule has 0 amide bonds. The molecule has 2 nitrogen and oxygen atoms in total.